The molecule has 0 atom stereocenters. The molecule has 146 valence electrons. The average Bonchev–Trinajstić information content (AvgIpc) is 2.71. The minimum atomic E-state index is -0.191. The molecule has 0 aliphatic carbocycles. The number of benzene rings is 2. The van der Waals surface area contributed by atoms with Crippen LogP contribution in [0.4, 0.5) is 0 Å². The molecule has 0 fully saturated rings. The summed E-state index contributed by atoms with van der Waals surface area (Å²) in [4.78, 5) is 12.6. The Morgan fingerprint density at radius 1 is 1.18 bits per heavy atom. The lowest BCUT2D eigenvalue weighted by molar-refractivity contribution is -0.114. The van der Waals surface area contributed by atoms with Crippen LogP contribution in [0.5, 0.6) is 11.5 Å². The van der Waals surface area contributed by atoms with Crippen molar-refractivity contribution in [2.75, 3.05) is 19.9 Å². The van der Waals surface area contributed by atoms with E-state index in [0.717, 1.165) is 16.7 Å². The SMILES string of the molecule is CC#COc1ccc(CCNC(=O)C(=NSC)c2ccc(C)cc2)cc1OC. The zero-order chi connectivity index (χ0) is 20.4. The monoisotopic (exact) mass is 396 g/mol. The number of aryl methyl sites for hydroxylation is 1. The van der Waals surface area contributed by atoms with Crippen molar-refractivity contribution in [2.45, 2.75) is 20.3 Å². The second-order valence-electron chi connectivity index (χ2n) is 5.93. The van der Waals surface area contributed by atoms with E-state index in [1.165, 1.54) is 11.9 Å². The first kappa shape index (κ1) is 21.4. The second-order valence-corrected chi connectivity index (χ2v) is 6.48. The molecule has 2 aromatic rings. The van der Waals surface area contributed by atoms with Crippen LogP contribution in [0.3, 0.4) is 0 Å². The van der Waals surface area contributed by atoms with E-state index in [9.17, 15) is 4.79 Å². The fraction of sp³-hybridized carbons (Fsp3) is 0.273. The van der Waals surface area contributed by atoms with Gasteiger partial charge in [0.1, 0.15) is 11.8 Å². The molecule has 0 saturated carbocycles. The first-order chi connectivity index (χ1) is 13.6. The summed E-state index contributed by atoms with van der Waals surface area (Å²) >= 11 is 1.27. The topological polar surface area (TPSA) is 59.9 Å². The van der Waals surface area contributed by atoms with Gasteiger partial charge in [-0.3, -0.25) is 4.79 Å². The molecule has 1 amide bonds. The number of carbonyl (C=O) groups is 1. The Morgan fingerprint density at radius 3 is 2.57 bits per heavy atom. The maximum Gasteiger partial charge on any atom is 0.271 e. The van der Waals surface area contributed by atoms with E-state index >= 15 is 0 Å². The van der Waals surface area contributed by atoms with Gasteiger partial charge in [-0.2, -0.15) is 0 Å². The predicted molar refractivity (Wildman–Crippen MR) is 115 cm³/mol. The maximum atomic E-state index is 12.6. The van der Waals surface area contributed by atoms with Gasteiger partial charge in [0.15, 0.2) is 11.5 Å². The van der Waals surface area contributed by atoms with Gasteiger partial charge in [-0.15, -0.1) is 0 Å². The van der Waals surface area contributed by atoms with Crippen LogP contribution in [-0.4, -0.2) is 31.5 Å². The van der Waals surface area contributed by atoms with Crippen molar-refractivity contribution in [1.29, 1.82) is 0 Å². The smallest absolute Gasteiger partial charge is 0.271 e. The number of hydrogen-bond acceptors (Lipinski definition) is 5. The lowest BCUT2D eigenvalue weighted by Gasteiger charge is -2.10. The van der Waals surface area contributed by atoms with Crippen molar-refractivity contribution in [1.82, 2.24) is 5.32 Å². The van der Waals surface area contributed by atoms with Crippen molar-refractivity contribution in [3.8, 4) is 23.5 Å². The molecular weight excluding hydrogens is 372 g/mol. The van der Waals surface area contributed by atoms with Gasteiger partial charge in [-0.05, 0) is 43.0 Å². The van der Waals surface area contributed by atoms with E-state index in [-0.39, 0.29) is 5.91 Å². The quantitative estimate of drug-likeness (QED) is 0.419. The molecule has 0 radical (unpaired) electrons. The van der Waals surface area contributed by atoms with E-state index in [0.29, 0.717) is 30.2 Å². The Bertz CT molecular complexity index is 896. The minimum Gasteiger partial charge on any atom is -0.493 e. The summed E-state index contributed by atoms with van der Waals surface area (Å²) in [5.74, 6) is 3.66. The van der Waals surface area contributed by atoms with Gasteiger partial charge in [0.05, 0.1) is 7.11 Å². The molecule has 0 aliphatic rings. The molecular formula is C22H24N2O3S. The highest BCUT2D eigenvalue weighted by molar-refractivity contribution is 7.97. The second kappa shape index (κ2) is 11.1. The van der Waals surface area contributed by atoms with Crippen molar-refractivity contribution in [3.63, 3.8) is 0 Å². The van der Waals surface area contributed by atoms with Crippen molar-refractivity contribution in [2.24, 2.45) is 4.40 Å². The third kappa shape index (κ3) is 6.07. The summed E-state index contributed by atoms with van der Waals surface area (Å²) in [5, 5.41) is 2.94. The predicted octanol–water partition coefficient (Wildman–Crippen LogP) is 3.79. The zero-order valence-electron chi connectivity index (χ0n) is 16.5. The Kier molecular flexibility index (Phi) is 8.44. The fourth-order valence-corrected chi connectivity index (χ4v) is 2.86. The molecule has 1 N–H and O–H groups in total. The summed E-state index contributed by atoms with van der Waals surface area (Å²) in [6, 6.07) is 13.4. The minimum absolute atomic E-state index is 0.191. The first-order valence-electron chi connectivity index (χ1n) is 8.81. The van der Waals surface area contributed by atoms with Crippen molar-refractivity contribution < 1.29 is 14.3 Å². The molecule has 0 bridgehead atoms. The lowest BCUT2D eigenvalue weighted by atomic mass is 10.1. The normalized spacial score (nSPS) is 10.6. The van der Waals surface area contributed by atoms with Gasteiger partial charge in [-0.1, -0.05) is 41.8 Å². The van der Waals surface area contributed by atoms with Gasteiger partial charge >= 0.3 is 0 Å². The number of amides is 1. The molecule has 6 heteroatoms. The van der Waals surface area contributed by atoms with Gasteiger partial charge in [0, 0.05) is 25.3 Å². The fourth-order valence-electron chi connectivity index (χ4n) is 2.49. The third-order valence-electron chi connectivity index (χ3n) is 3.91. The molecule has 0 spiro atoms. The average molecular weight is 397 g/mol. The number of methoxy groups -OCH3 is 1. The highest BCUT2D eigenvalue weighted by Crippen LogP contribution is 2.28. The molecule has 28 heavy (non-hydrogen) atoms. The Balaban J connectivity index is 2.00. The Morgan fingerprint density at radius 2 is 1.93 bits per heavy atom. The number of nitrogens with zero attached hydrogens (tertiary/aromatic N) is 1. The van der Waals surface area contributed by atoms with Crippen LogP contribution in [-0.2, 0) is 11.2 Å². The molecule has 5 nitrogen and oxygen atoms in total. The van der Waals surface area contributed by atoms with E-state index < -0.39 is 0 Å². The third-order valence-corrected chi connectivity index (χ3v) is 4.28. The van der Waals surface area contributed by atoms with Crippen LogP contribution in [0.2, 0.25) is 0 Å². The Labute approximate surface area is 170 Å². The van der Waals surface area contributed by atoms with Crippen molar-refractivity contribution in [3.05, 3.63) is 59.2 Å². The number of ether oxygens (including phenoxy) is 2. The first-order valence-corrected chi connectivity index (χ1v) is 9.99. The molecule has 0 saturated heterocycles. The van der Waals surface area contributed by atoms with Gasteiger partial charge in [0.25, 0.3) is 5.91 Å². The number of nitrogens with one attached hydrogen (secondary N) is 1. The summed E-state index contributed by atoms with van der Waals surface area (Å²) in [6.45, 7) is 4.19. The summed E-state index contributed by atoms with van der Waals surface area (Å²) < 4.78 is 15.0. The van der Waals surface area contributed by atoms with Crippen LogP contribution in [0.25, 0.3) is 0 Å². The van der Waals surface area contributed by atoms with E-state index in [1.54, 1.807) is 14.0 Å². The summed E-state index contributed by atoms with van der Waals surface area (Å²) in [6.07, 6.45) is 5.05. The summed E-state index contributed by atoms with van der Waals surface area (Å²) in [5.41, 5.74) is 3.39. The highest BCUT2D eigenvalue weighted by atomic mass is 32.2. The number of hydrogen-bond donors (Lipinski definition) is 1. The molecule has 0 unspecified atom stereocenters. The Hall–Kier alpha value is -2.91. The van der Waals surface area contributed by atoms with Crippen LogP contribution in [0.1, 0.15) is 23.6 Å². The molecule has 2 rings (SSSR count). The molecule has 0 aliphatic heterocycles. The van der Waals surface area contributed by atoms with Gasteiger partial charge in [-0.25, -0.2) is 4.40 Å². The van der Waals surface area contributed by atoms with Gasteiger partial charge < -0.3 is 14.8 Å². The van der Waals surface area contributed by atoms with E-state index in [2.05, 4.69) is 21.7 Å². The van der Waals surface area contributed by atoms with Crippen LogP contribution >= 0.6 is 11.9 Å². The highest BCUT2D eigenvalue weighted by Gasteiger charge is 2.14. The standard InChI is InChI=1S/C22H24N2O3S/c1-5-14-27-19-11-8-17(15-20(19)26-3)12-13-23-22(25)21(24-28-4)18-9-6-16(2)7-10-18/h6-11,15H,12-13H2,1-4H3,(H,23,25). The molecule has 0 heterocycles. The number of carbonyl (C=O) groups excluding carboxylic acids is 1. The largest absolute Gasteiger partial charge is 0.493 e. The van der Waals surface area contributed by atoms with Crippen LogP contribution < -0.4 is 14.8 Å². The lowest BCUT2D eigenvalue weighted by Crippen LogP contribution is -2.33. The maximum absolute atomic E-state index is 12.6. The number of rotatable bonds is 8. The van der Waals surface area contributed by atoms with Gasteiger partial charge in [0.2, 0.25) is 0 Å². The summed E-state index contributed by atoms with van der Waals surface area (Å²) in [7, 11) is 1.58. The molecule has 2 aromatic carbocycles. The zero-order valence-corrected chi connectivity index (χ0v) is 17.4. The van der Waals surface area contributed by atoms with E-state index in [1.807, 2.05) is 55.6 Å². The van der Waals surface area contributed by atoms with Crippen LogP contribution in [0, 0.1) is 19.0 Å². The molecule has 0 aromatic heterocycles. The van der Waals surface area contributed by atoms with Crippen molar-refractivity contribution >= 4 is 23.6 Å². The van der Waals surface area contributed by atoms with E-state index in [4.69, 9.17) is 9.47 Å². The van der Waals surface area contributed by atoms with Crippen LogP contribution in [0.15, 0.2) is 46.9 Å².